The van der Waals surface area contributed by atoms with Crippen LogP contribution in [0.15, 0.2) is 45.7 Å². The lowest BCUT2D eigenvalue weighted by atomic mass is 10.3. The Labute approximate surface area is 283 Å². The van der Waals surface area contributed by atoms with Gasteiger partial charge >= 0.3 is 17.9 Å². The first-order chi connectivity index (χ1) is 19.4. The molecule has 0 spiro atoms. The molecule has 3 rings (SSSR count). The SMILES string of the molecule is CCCOC(=O)c1cc(Br)cnc1Cl.CCCOC(=O)c1cc(I)cnc1Cl.CCOC(=O)c1cc(Br)cnc1Cl. The van der Waals surface area contributed by atoms with E-state index in [0.29, 0.717) is 34.3 Å². The molecule has 0 atom stereocenters. The lowest BCUT2D eigenvalue weighted by Crippen LogP contribution is -2.07. The molecule has 0 aromatic carbocycles. The highest BCUT2D eigenvalue weighted by Gasteiger charge is 2.14. The zero-order chi connectivity index (χ0) is 30.9. The van der Waals surface area contributed by atoms with E-state index < -0.39 is 17.9 Å². The number of nitrogens with zero attached hydrogens (tertiary/aromatic N) is 3. The monoisotopic (exact) mass is 865 g/mol. The van der Waals surface area contributed by atoms with E-state index in [1.165, 1.54) is 12.4 Å². The average molecular weight is 869 g/mol. The number of esters is 3. The number of pyridine rings is 3. The van der Waals surface area contributed by atoms with Gasteiger partial charge in [0.05, 0.1) is 36.5 Å². The minimum atomic E-state index is -0.457. The van der Waals surface area contributed by atoms with Crippen molar-refractivity contribution >= 4 is 107 Å². The van der Waals surface area contributed by atoms with Gasteiger partial charge in [-0.3, -0.25) is 0 Å². The number of aromatic nitrogens is 3. The van der Waals surface area contributed by atoms with Crippen molar-refractivity contribution in [3.63, 3.8) is 0 Å². The Morgan fingerprint density at radius 3 is 1.44 bits per heavy atom. The molecule has 41 heavy (non-hydrogen) atoms. The highest BCUT2D eigenvalue weighted by Crippen LogP contribution is 2.20. The Morgan fingerprint density at radius 2 is 1.05 bits per heavy atom. The first-order valence-corrected chi connectivity index (χ1v) is 15.7. The van der Waals surface area contributed by atoms with Gasteiger partial charge in [0.25, 0.3) is 0 Å². The lowest BCUT2D eigenvalue weighted by Gasteiger charge is -2.04. The third kappa shape index (κ3) is 14.0. The molecule has 0 aliphatic heterocycles. The fourth-order valence-electron chi connectivity index (χ4n) is 2.45. The van der Waals surface area contributed by atoms with Crippen LogP contribution in [0.5, 0.6) is 0 Å². The maximum Gasteiger partial charge on any atom is 0.341 e. The first kappa shape index (κ1) is 37.4. The Morgan fingerprint density at radius 1 is 0.683 bits per heavy atom. The summed E-state index contributed by atoms with van der Waals surface area (Å²) in [5.74, 6) is -1.31. The molecule has 0 aliphatic rings. The number of rotatable bonds is 8. The molecule has 0 N–H and O–H groups in total. The number of halogens is 6. The third-order valence-corrected chi connectivity index (χ3v) is 6.59. The van der Waals surface area contributed by atoms with Crippen LogP contribution in [0.1, 0.15) is 64.7 Å². The number of carbonyl (C=O) groups is 3. The zero-order valence-electron chi connectivity index (χ0n) is 22.1. The minimum Gasteiger partial charge on any atom is -0.462 e. The normalized spacial score (nSPS) is 9.88. The van der Waals surface area contributed by atoms with Gasteiger partial charge in [0.1, 0.15) is 15.5 Å². The lowest BCUT2D eigenvalue weighted by molar-refractivity contribution is 0.0495. The van der Waals surface area contributed by atoms with E-state index in [0.717, 1.165) is 16.4 Å². The highest BCUT2D eigenvalue weighted by atomic mass is 127. The predicted octanol–water partition coefficient (Wildman–Crippen LogP) is 8.64. The molecule has 0 amide bonds. The van der Waals surface area contributed by atoms with Gasteiger partial charge in [-0.2, -0.15) is 0 Å². The van der Waals surface area contributed by atoms with Gasteiger partial charge in [0, 0.05) is 31.1 Å². The quantitative estimate of drug-likeness (QED) is 0.0950. The van der Waals surface area contributed by atoms with Crippen molar-refractivity contribution in [1.82, 2.24) is 15.0 Å². The van der Waals surface area contributed by atoms with Gasteiger partial charge in [-0.05, 0) is 92.4 Å². The smallest absolute Gasteiger partial charge is 0.341 e. The van der Waals surface area contributed by atoms with Crippen molar-refractivity contribution in [2.75, 3.05) is 19.8 Å². The van der Waals surface area contributed by atoms with E-state index in [9.17, 15) is 14.4 Å². The summed E-state index contributed by atoms with van der Waals surface area (Å²) >= 11 is 25.6. The summed E-state index contributed by atoms with van der Waals surface area (Å²) in [6.45, 7) is 6.71. The van der Waals surface area contributed by atoms with E-state index >= 15 is 0 Å². The van der Waals surface area contributed by atoms with Crippen molar-refractivity contribution in [2.24, 2.45) is 0 Å². The van der Waals surface area contributed by atoms with Crippen LogP contribution >= 0.6 is 89.3 Å². The van der Waals surface area contributed by atoms with Crippen LogP contribution in [-0.4, -0.2) is 52.7 Å². The number of hydrogen-bond acceptors (Lipinski definition) is 9. The molecule has 3 aromatic heterocycles. The summed E-state index contributed by atoms with van der Waals surface area (Å²) < 4.78 is 16.9. The first-order valence-electron chi connectivity index (χ1n) is 11.9. The molecule has 0 saturated heterocycles. The molecule has 0 saturated carbocycles. The number of carbonyl (C=O) groups excluding carboxylic acids is 3. The molecule has 3 heterocycles. The Kier molecular flexibility index (Phi) is 18.6. The second-order valence-corrected chi connectivity index (χ2v) is 11.6. The molecule has 0 aliphatic carbocycles. The minimum absolute atomic E-state index is 0.154. The predicted molar refractivity (Wildman–Crippen MR) is 173 cm³/mol. The maximum absolute atomic E-state index is 11.4. The summed E-state index contributed by atoms with van der Waals surface area (Å²) in [5.41, 5.74) is 0.888. The molecular formula is C26H25Br2Cl3IN3O6. The molecule has 0 radical (unpaired) electrons. The summed E-state index contributed by atoms with van der Waals surface area (Å²) in [7, 11) is 0. The Hall–Kier alpha value is -1.58. The van der Waals surface area contributed by atoms with Crippen molar-refractivity contribution < 1.29 is 28.6 Å². The van der Waals surface area contributed by atoms with E-state index in [4.69, 9.17) is 49.0 Å². The number of hydrogen-bond donors (Lipinski definition) is 0. The van der Waals surface area contributed by atoms with Gasteiger partial charge < -0.3 is 14.2 Å². The van der Waals surface area contributed by atoms with Crippen LogP contribution < -0.4 is 0 Å². The Bertz CT molecular complexity index is 1270. The van der Waals surface area contributed by atoms with E-state index in [-0.39, 0.29) is 26.6 Å². The van der Waals surface area contributed by atoms with Gasteiger partial charge in [-0.25, -0.2) is 29.3 Å². The van der Waals surface area contributed by atoms with Gasteiger partial charge in [-0.1, -0.05) is 48.7 Å². The summed E-state index contributed by atoms with van der Waals surface area (Å²) in [5, 5.41) is 0.502. The highest BCUT2D eigenvalue weighted by molar-refractivity contribution is 14.1. The van der Waals surface area contributed by atoms with E-state index in [1.807, 2.05) is 13.8 Å². The molecule has 3 aromatic rings. The fraction of sp³-hybridized carbons (Fsp3) is 0.308. The second-order valence-electron chi connectivity index (χ2n) is 7.47. The number of ether oxygens (including phenoxy) is 3. The molecule has 0 bridgehead atoms. The largest absolute Gasteiger partial charge is 0.462 e. The van der Waals surface area contributed by atoms with Crippen molar-refractivity contribution in [1.29, 1.82) is 0 Å². The second kappa shape index (κ2) is 20.3. The van der Waals surface area contributed by atoms with Crippen molar-refractivity contribution in [2.45, 2.75) is 33.6 Å². The Balaban J connectivity index is 0.000000308. The molecule has 0 unspecified atom stereocenters. The van der Waals surface area contributed by atoms with E-state index in [1.54, 1.807) is 31.3 Å². The van der Waals surface area contributed by atoms with Crippen LogP contribution in [0.2, 0.25) is 15.5 Å². The average Bonchev–Trinajstić information content (AvgIpc) is 2.95. The zero-order valence-corrected chi connectivity index (χ0v) is 29.7. The van der Waals surface area contributed by atoms with Crippen molar-refractivity contribution in [3.05, 3.63) is 81.5 Å². The molecule has 0 fully saturated rings. The fourth-order valence-corrected chi connectivity index (χ4v) is 4.11. The van der Waals surface area contributed by atoms with Crippen LogP contribution in [0.4, 0.5) is 0 Å². The van der Waals surface area contributed by atoms with Gasteiger partial charge in [0.15, 0.2) is 0 Å². The van der Waals surface area contributed by atoms with Crippen LogP contribution in [0.3, 0.4) is 0 Å². The van der Waals surface area contributed by atoms with Crippen LogP contribution in [-0.2, 0) is 14.2 Å². The van der Waals surface area contributed by atoms with Gasteiger partial charge in [0.2, 0.25) is 0 Å². The van der Waals surface area contributed by atoms with E-state index in [2.05, 4.69) is 69.4 Å². The summed E-state index contributed by atoms with van der Waals surface area (Å²) in [4.78, 5) is 45.6. The van der Waals surface area contributed by atoms with Crippen molar-refractivity contribution in [3.8, 4) is 0 Å². The molecular weight excluding hydrogens is 843 g/mol. The topological polar surface area (TPSA) is 118 Å². The summed E-state index contributed by atoms with van der Waals surface area (Å²) in [6, 6.07) is 4.83. The standard InChI is InChI=1S/C9H9BrClNO2.C9H9ClINO2.C8H7BrClNO2/c1-2-3-14-9(13)7-4-6(10)5-12-8(7)11;1-2-3-14-9(13)7-4-6(11)5-12-8(7)10;1-2-13-8(12)6-3-5(9)4-11-7(6)10/h2*4-5H,2-3H2,1H3;3-4H,2H2,1H3. The molecule has 222 valence electrons. The summed E-state index contributed by atoms with van der Waals surface area (Å²) in [6.07, 6.45) is 6.22. The molecule has 15 heteroatoms. The van der Waals surface area contributed by atoms with Gasteiger partial charge in [-0.15, -0.1) is 0 Å². The van der Waals surface area contributed by atoms with Crippen LogP contribution in [0, 0.1) is 3.57 Å². The molecule has 9 nitrogen and oxygen atoms in total. The maximum atomic E-state index is 11.4. The van der Waals surface area contributed by atoms with Crippen LogP contribution in [0.25, 0.3) is 0 Å². The third-order valence-electron chi connectivity index (χ3n) is 4.23.